The third-order valence-electron chi connectivity index (χ3n) is 7.46. The highest BCUT2D eigenvalue weighted by Crippen LogP contribution is 2.45. The lowest BCUT2D eigenvalue weighted by Gasteiger charge is -2.17. The number of aromatic nitrogens is 5. The van der Waals surface area contributed by atoms with E-state index in [1.807, 2.05) is 12.1 Å². The van der Waals surface area contributed by atoms with Crippen LogP contribution in [0.25, 0.3) is 11.3 Å². The number of fused-ring (bicyclic) bond motifs is 1. The first-order chi connectivity index (χ1) is 19.2. The van der Waals surface area contributed by atoms with Crippen LogP contribution in [0.1, 0.15) is 25.8 Å². The third kappa shape index (κ3) is 5.18. The normalized spacial score (nSPS) is 18.3. The van der Waals surface area contributed by atoms with Gasteiger partial charge in [0.25, 0.3) is 11.5 Å². The molecule has 2 unspecified atom stereocenters. The average molecular weight is 540 g/mol. The lowest BCUT2D eigenvalue weighted by atomic mass is 10.1. The highest BCUT2D eigenvalue weighted by Gasteiger charge is 2.45. The van der Waals surface area contributed by atoms with Gasteiger partial charge < -0.3 is 10.2 Å². The Labute approximate surface area is 230 Å². The van der Waals surface area contributed by atoms with Crippen molar-refractivity contribution >= 4 is 29.7 Å². The number of carbonyl (C=O) groups excluding carboxylic acids is 1. The van der Waals surface area contributed by atoms with Crippen molar-refractivity contribution in [1.82, 2.24) is 24.1 Å². The van der Waals surface area contributed by atoms with Crippen LogP contribution in [-0.4, -0.2) is 49.3 Å². The highest BCUT2D eigenvalue weighted by molar-refractivity contribution is 6.06. The molecule has 1 amide bonds. The largest absolute Gasteiger partial charge is 0.340 e. The smallest absolute Gasteiger partial charge is 0.333 e. The number of hydrogen-bond acceptors (Lipinski definition) is 9. The lowest BCUT2D eigenvalue weighted by molar-refractivity contribution is -0.112. The van der Waals surface area contributed by atoms with Crippen LogP contribution in [0.5, 0.6) is 0 Å². The minimum atomic E-state index is -0.640. The van der Waals surface area contributed by atoms with E-state index >= 15 is 0 Å². The highest BCUT2D eigenvalue weighted by atomic mass is 16.2. The minimum Gasteiger partial charge on any atom is -0.340 e. The quantitative estimate of drug-likeness (QED) is 0.355. The van der Waals surface area contributed by atoms with Crippen molar-refractivity contribution in [2.45, 2.75) is 33.7 Å². The van der Waals surface area contributed by atoms with Crippen LogP contribution in [0, 0.1) is 30.1 Å². The molecular formula is C28H29N9O3. The van der Waals surface area contributed by atoms with Crippen molar-refractivity contribution in [3.63, 3.8) is 0 Å². The first kappa shape index (κ1) is 26.7. The van der Waals surface area contributed by atoms with Crippen molar-refractivity contribution < 1.29 is 4.79 Å². The summed E-state index contributed by atoms with van der Waals surface area (Å²) in [4.78, 5) is 58.0. The number of hydrogen-bond donors (Lipinski definition) is 1. The molecule has 1 aliphatic carbocycles. The molecule has 3 aromatic rings. The van der Waals surface area contributed by atoms with E-state index in [0.717, 1.165) is 41.0 Å². The van der Waals surface area contributed by atoms with Gasteiger partial charge in [0.15, 0.2) is 0 Å². The molecule has 40 heavy (non-hydrogen) atoms. The fraction of sp³-hybridized carbons (Fsp3) is 0.357. The van der Waals surface area contributed by atoms with E-state index in [4.69, 9.17) is 5.26 Å². The summed E-state index contributed by atoms with van der Waals surface area (Å²) < 4.78 is 2.05. The van der Waals surface area contributed by atoms with E-state index < -0.39 is 11.2 Å². The van der Waals surface area contributed by atoms with E-state index in [1.165, 1.54) is 31.2 Å². The molecular weight excluding hydrogens is 510 g/mol. The molecule has 1 saturated carbocycles. The van der Waals surface area contributed by atoms with Gasteiger partial charge in [-0.25, -0.2) is 29.3 Å². The molecule has 12 nitrogen and oxygen atoms in total. The van der Waals surface area contributed by atoms with Gasteiger partial charge in [-0.05, 0) is 56.7 Å². The summed E-state index contributed by atoms with van der Waals surface area (Å²) in [5.74, 6) is 2.47. The van der Waals surface area contributed by atoms with Gasteiger partial charge in [-0.15, -0.1) is 0 Å². The average Bonchev–Trinajstić information content (AvgIpc) is 3.58. The Bertz CT molecular complexity index is 1660. The SMILES string of the molecule is C/C(C=Nc1c(C)c(=O)n(CC#N)c(=O)n1C)=C(\C)C(=O)Nc1cccc(-c2cnc(N3CC4CC4C3)nc2)n1. The molecule has 1 aliphatic heterocycles. The van der Waals surface area contributed by atoms with Crippen molar-refractivity contribution in [2.75, 3.05) is 23.3 Å². The number of nitrogens with zero attached hydrogens (tertiary/aromatic N) is 8. The number of aliphatic imine (C=N–C) groups is 1. The van der Waals surface area contributed by atoms with Crippen LogP contribution in [-0.2, 0) is 18.4 Å². The van der Waals surface area contributed by atoms with Gasteiger partial charge in [0.05, 0.1) is 17.3 Å². The Morgan fingerprint density at radius 2 is 1.90 bits per heavy atom. The van der Waals surface area contributed by atoms with Crippen LogP contribution in [0.3, 0.4) is 0 Å². The number of nitrogens with one attached hydrogen (secondary N) is 1. The molecule has 0 bridgehead atoms. The second-order valence-corrected chi connectivity index (χ2v) is 10.2. The third-order valence-corrected chi connectivity index (χ3v) is 7.46. The molecule has 12 heteroatoms. The Hall–Kier alpha value is -4.92. The molecule has 2 atom stereocenters. The number of piperidine rings is 1. The first-order valence-electron chi connectivity index (χ1n) is 12.9. The number of allylic oxidation sites excluding steroid dienone is 1. The maximum Gasteiger partial charge on any atom is 0.333 e. The van der Waals surface area contributed by atoms with Gasteiger partial charge in [-0.3, -0.25) is 14.2 Å². The molecule has 0 radical (unpaired) electrons. The number of anilines is 2. The van der Waals surface area contributed by atoms with E-state index in [0.29, 0.717) is 22.7 Å². The van der Waals surface area contributed by atoms with E-state index in [9.17, 15) is 14.4 Å². The molecule has 1 N–H and O–H groups in total. The van der Waals surface area contributed by atoms with Gasteiger partial charge >= 0.3 is 5.69 Å². The number of rotatable bonds is 7. The van der Waals surface area contributed by atoms with Gasteiger partial charge in [0, 0.05) is 49.9 Å². The van der Waals surface area contributed by atoms with Gasteiger partial charge in [-0.1, -0.05) is 6.07 Å². The number of pyridine rings is 1. The van der Waals surface area contributed by atoms with Crippen LogP contribution < -0.4 is 21.5 Å². The second kappa shape index (κ2) is 10.7. The predicted molar refractivity (Wildman–Crippen MR) is 151 cm³/mol. The number of carbonyl (C=O) groups is 1. The topological polar surface area (TPSA) is 151 Å². The molecule has 5 rings (SSSR count). The van der Waals surface area contributed by atoms with Crippen LogP contribution in [0.2, 0.25) is 0 Å². The second-order valence-electron chi connectivity index (χ2n) is 10.2. The van der Waals surface area contributed by atoms with Crippen molar-refractivity contribution in [3.05, 3.63) is 68.1 Å². The summed E-state index contributed by atoms with van der Waals surface area (Å²) in [6.45, 7) is 6.58. The zero-order chi connectivity index (χ0) is 28.6. The zero-order valence-corrected chi connectivity index (χ0v) is 22.7. The Kier molecular flexibility index (Phi) is 7.13. The Morgan fingerprint density at radius 3 is 2.58 bits per heavy atom. The fourth-order valence-electron chi connectivity index (χ4n) is 4.79. The van der Waals surface area contributed by atoms with E-state index in [-0.39, 0.29) is 23.8 Å². The molecule has 4 heterocycles. The predicted octanol–water partition coefficient (Wildman–Crippen LogP) is 2.36. The Morgan fingerprint density at radius 1 is 1.20 bits per heavy atom. The van der Waals surface area contributed by atoms with Crippen LogP contribution in [0.15, 0.2) is 56.3 Å². The summed E-state index contributed by atoms with van der Waals surface area (Å²) in [7, 11) is 1.47. The molecule has 0 aromatic carbocycles. The summed E-state index contributed by atoms with van der Waals surface area (Å²) in [5, 5.41) is 11.7. The maximum absolute atomic E-state index is 13.0. The Balaban J connectivity index is 1.30. The van der Waals surface area contributed by atoms with Crippen molar-refractivity contribution in [2.24, 2.45) is 23.9 Å². The van der Waals surface area contributed by atoms with Crippen LogP contribution >= 0.6 is 0 Å². The number of nitriles is 1. The summed E-state index contributed by atoms with van der Waals surface area (Å²) in [5.41, 5.74) is 1.30. The standard InChI is InChI=1S/C28H29N9O3/c1-16(11-30-24-18(3)26(39)37(9-8-29)28(40)35(24)4)17(2)25(38)34-23-7-5-6-22(33-23)21-12-31-27(32-13-21)36-14-19-10-20(19)15-36/h5-7,11-13,19-20H,9-10,14-15H2,1-4H3,(H,33,34,38)/b17-16-,30-11?. The molecule has 2 fully saturated rings. The van der Waals surface area contributed by atoms with Crippen molar-refractivity contribution in [3.8, 4) is 17.3 Å². The minimum absolute atomic E-state index is 0.154. The monoisotopic (exact) mass is 539 g/mol. The fourth-order valence-corrected chi connectivity index (χ4v) is 4.79. The summed E-state index contributed by atoms with van der Waals surface area (Å²) in [6, 6.07) is 7.13. The van der Waals surface area contributed by atoms with Gasteiger partial charge in [0.2, 0.25) is 5.95 Å². The summed E-state index contributed by atoms with van der Waals surface area (Å²) >= 11 is 0. The molecule has 204 valence electrons. The molecule has 3 aromatic heterocycles. The zero-order valence-electron chi connectivity index (χ0n) is 22.7. The molecule has 2 aliphatic rings. The van der Waals surface area contributed by atoms with E-state index in [1.54, 1.807) is 38.4 Å². The van der Waals surface area contributed by atoms with Gasteiger partial charge in [-0.2, -0.15) is 5.26 Å². The molecule has 0 spiro atoms. The molecule has 1 saturated heterocycles. The number of amides is 1. The van der Waals surface area contributed by atoms with Gasteiger partial charge in [0.1, 0.15) is 18.2 Å². The maximum atomic E-state index is 13.0. The van der Waals surface area contributed by atoms with Crippen molar-refractivity contribution in [1.29, 1.82) is 5.26 Å². The van der Waals surface area contributed by atoms with Crippen LogP contribution in [0.4, 0.5) is 17.6 Å². The lowest BCUT2D eigenvalue weighted by Crippen LogP contribution is -2.39. The first-order valence-corrected chi connectivity index (χ1v) is 12.9. The van der Waals surface area contributed by atoms with E-state index in [2.05, 4.69) is 30.2 Å². The summed E-state index contributed by atoms with van der Waals surface area (Å²) in [6.07, 6.45) is 6.25.